The van der Waals surface area contributed by atoms with E-state index in [1.54, 1.807) is 0 Å². The Labute approximate surface area is 125 Å². The van der Waals surface area contributed by atoms with E-state index in [9.17, 15) is 0 Å². The highest BCUT2D eigenvalue weighted by Crippen LogP contribution is 2.40. The van der Waals surface area contributed by atoms with Crippen molar-refractivity contribution < 1.29 is 0 Å². The van der Waals surface area contributed by atoms with Crippen LogP contribution in [0.3, 0.4) is 0 Å². The second-order valence-electron chi connectivity index (χ2n) is 5.36. The summed E-state index contributed by atoms with van der Waals surface area (Å²) in [6, 6.07) is 5.27. The van der Waals surface area contributed by atoms with Gasteiger partial charge >= 0.3 is 0 Å². The normalized spacial score (nSPS) is 24.1. The van der Waals surface area contributed by atoms with Gasteiger partial charge in [0.2, 0.25) is 0 Å². The summed E-state index contributed by atoms with van der Waals surface area (Å²) in [6.07, 6.45) is 5.52. The summed E-state index contributed by atoms with van der Waals surface area (Å²) in [4.78, 5) is 5.29. The molecule has 19 heavy (non-hydrogen) atoms. The average molecular weight is 297 g/mol. The van der Waals surface area contributed by atoms with Gasteiger partial charge in [-0.05, 0) is 68.6 Å². The number of thioether (sulfide) groups is 2. The third kappa shape index (κ3) is 3.13. The van der Waals surface area contributed by atoms with Crippen LogP contribution in [0.25, 0.3) is 0 Å². The van der Waals surface area contributed by atoms with Crippen molar-refractivity contribution in [3.8, 4) is 0 Å². The molecule has 0 aliphatic carbocycles. The van der Waals surface area contributed by atoms with Crippen molar-refractivity contribution in [2.75, 3.05) is 32.6 Å². The Morgan fingerprint density at radius 1 is 1.26 bits per heavy atom. The van der Waals surface area contributed by atoms with Crippen LogP contribution in [0.2, 0.25) is 0 Å². The zero-order valence-corrected chi connectivity index (χ0v) is 13.9. The van der Waals surface area contributed by atoms with Crippen molar-refractivity contribution in [3.05, 3.63) is 23.3 Å². The quantitative estimate of drug-likeness (QED) is 0.863. The van der Waals surface area contributed by atoms with Gasteiger partial charge in [0.15, 0.2) is 0 Å². The summed E-state index contributed by atoms with van der Waals surface area (Å²) in [7, 11) is 2.23. The number of benzene rings is 1. The lowest BCUT2D eigenvalue weighted by Crippen LogP contribution is -2.21. The molecule has 1 heterocycles. The lowest BCUT2D eigenvalue weighted by Gasteiger charge is -2.23. The van der Waals surface area contributed by atoms with Gasteiger partial charge < -0.3 is 5.73 Å². The molecule has 0 amide bonds. The molecule has 106 valence electrons. The van der Waals surface area contributed by atoms with E-state index in [-0.39, 0.29) is 0 Å². The maximum absolute atomic E-state index is 5.85. The average Bonchev–Trinajstić information content (AvgIpc) is 2.79. The summed E-state index contributed by atoms with van der Waals surface area (Å²) < 4.78 is 0. The van der Waals surface area contributed by atoms with Gasteiger partial charge in [-0.15, -0.1) is 23.5 Å². The molecule has 0 spiro atoms. The second kappa shape index (κ2) is 6.53. The monoisotopic (exact) mass is 296 g/mol. The van der Waals surface area contributed by atoms with Gasteiger partial charge in [-0.3, -0.25) is 4.90 Å². The molecule has 2 atom stereocenters. The van der Waals surface area contributed by atoms with Crippen LogP contribution in [0.4, 0.5) is 0 Å². The summed E-state index contributed by atoms with van der Waals surface area (Å²) in [6.45, 7) is 4.13. The topological polar surface area (TPSA) is 29.3 Å². The fourth-order valence-electron chi connectivity index (χ4n) is 2.97. The van der Waals surface area contributed by atoms with E-state index in [2.05, 4.69) is 43.5 Å². The third-order valence-electron chi connectivity index (χ3n) is 4.07. The zero-order valence-electron chi connectivity index (χ0n) is 12.3. The molecule has 0 aromatic heterocycles. The van der Waals surface area contributed by atoms with E-state index in [0.717, 1.165) is 13.1 Å². The van der Waals surface area contributed by atoms with Crippen LogP contribution in [0.15, 0.2) is 21.9 Å². The molecule has 0 bridgehead atoms. The molecule has 2 N–H and O–H groups in total. The molecule has 2 unspecified atom stereocenters. The Hall–Kier alpha value is -0.160. The van der Waals surface area contributed by atoms with Crippen LogP contribution in [0.1, 0.15) is 23.6 Å². The van der Waals surface area contributed by atoms with Crippen molar-refractivity contribution >= 4 is 23.5 Å². The van der Waals surface area contributed by atoms with Gasteiger partial charge in [-0.25, -0.2) is 0 Å². The third-order valence-corrected chi connectivity index (χ3v) is 5.75. The number of hydrogen-bond acceptors (Lipinski definition) is 4. The maximum Gasteiger partial charge on any atom is 0.0360 e. The summed E-state index contributed by atoms with van der Waals surface area (Å²) >= 11 is 3.70. The van der Waals surface area contributed by atoms with Gasteiger partial charge in [0.1, 0.15) is 0 Å². The van der Waals surface area contributed by atoms with Crippen LogP contribution in [-0.4, -0.2) is 37.5 Å². The predicted molar refractivity (Wildman–Crippen MR) is 87.3 cm³/mol. The predicted octanol–water partition coefficient (Wildman–Crippen LogP) is 3.39. The van der Waals surface area contributed by atoms with Crippen molar-refractivity contribution in [2.45, 2.75) is 29.2 Å². The number of hydrogen-bond donors (Lipinski definition) is 1. The first kappa shape index (κ1) is 15.2. The molecular weight excluding hydrogens is 272 g/mol. The second-order valence-corrected chi connectivity index (χ2v) is 7.05. The van der Waals surface area contributed by atoms with Gasteiger partial charge in [-0.1, -0.05) is 0 Å². The van der Waals surface area contributed by atoms with E-state index in [1.807, 2.05) is 23.5 Å². The van der Waals surface area contributed by atoms with Gasteiger partial charge in [0, 0.05) is 22.4 Å². The Morgan fingerprint density at radius 2 is 1.95 bits per heavy atom. The molecule has 1 aliphatic rings. The van der Waals surface area contributed by atoms with Crippen LogP contribution in [0.5, 0.6) is 0 Å². The Morgan fingerprint density at radius 3 is 2.47 bits per heavy atom. The van der Waals surface area contributed by atoms with Crippen molar-refractivity contribution in [2.24, 2.45) is 11.7 Å². The van der Waals surface area contributed by atoms with Crippen molar-refractivity contribution in [1.29, 1.82) is 0 Å². The van der Waals surface area contributed by atoms with E-state index < -0.39 is 0 Å². The molecule has 4 heteroatoms. The molecule has 2 nitrogen and oxygen atoms in total. The Kier molecular flexibility index (Phi) is 5.23. The number of nitrogens with two attached hydrogens (primary N) is 1. The number of rotatable bonds is 4. The van der Waals surface area contributed by atoms with E-state index in [1.165, 1.54) is 27.3 Å². The minimum atomic E-state index is 0.530. The zero-order chi connectivity index (χ0) is 14.0. The highest BCUT2D eigenvalue weighted by molar-refractivity contribution is 7.99. The van der Waals surface area contributed by atoms with E-state index >= 15 is 0 Å². The first-order valence-electron chi connectivity index (χ1n) is 6.73. The van der Waals surface area contributed by atoms with Gasteiger partial charge in [0.05, 0.1) is 0 Å². The van der Waals surface area contributed by atoms with Crippen molar-refractivity contribution in [3.63, 3.8) is 0 Å². The van der Waals surface area contributed by atoms with Crippen LogP contribution in [0, 0.1) is 12.8 Å². The number of nitrogens with zero attached hydrogens (tertiary/aromatic N) is 1. The number of aryl methyl sites for hydroxylation is 1. The molecule has 1 saturated heterocycles. The molecule has 0 saturated carbocycles. The Balaban J connectivity index is 2.38. The standard InChI is InChI=1S/C15H24N2S2/c1-10-5-15(19-4)12(7-14(10)18-3)13-6-11(8-16)9-17(13)2/h5,7,11,13H,6,8-9,16H2,1-4H3. The molecule has 1 aliphatic heterocycles. The minimum Gasteiger partial charge on any atom is -0.330 e. The lowest BCUT2D eigenvalue weighted by molar-refractivity contribution is 0.310. The largest absolute Gasteiger partial charge is 0.330 e. The van der Waals surface area contributed by atoms with E-state index in [4.69, 9.17) is 5.73 Å². The summed E-state index contributed by atoms with van der Waals surface area (Å²) in [5.74, 6) is 0.642. The molecule has 2 rings (SSSR count). The fourth-order valence-corrected chi connectivity index (χ4v) is 4.33. The van der Waals surface area contributed by atoms with Gasteiger partial charge in [0.25, 0.3) is 0 Å². The number of likely N-dealkylation sites (tertiary alicyclic amines) is 1. The van der Waals surface area contributed by atoms with Crippen molar-refractivity contribution in [1.82, 2.24) is 4.90 Å². The fraction of sp³-hybridized carbons (Fsp3) is 0.600. The minimum absolute atomic E-state index is 0.530. The molecule has 1 aromatic carbocycles. The van der Waals surface area contributed by atoms with Crippen LogP contribution < -0.4 is 5.73 Å². The van der Waals surface area contributed by atoms with Crippen LogP contribution in [-0.2, 0) is 0 Å². The lowest BCUT2D eigenvalue weighted by atomic mass is 9.99. The van der Waals surface area contributed by atoms with E-state index in [0.29, 0.717) is 12.0 Å². The van der Waals surface area contributed by atoms with Crippen LogP contribution >= 0.6 is 23.5 Å². The highest BCUT2D eigenvalue weighted by Gasteiger charge is 2.31. The first-order chi connectivity index (χ1) is 9.10. The summed E-state index contributed by atoms with van der Waals surface area (Å²) in [5, 5.41) is 0. The SMILES string of the molecule is CSc1cc(C2CC(CN)CN2C)c(SC)cc1C. The molecular formula is C15H24N2S2. The molecule has 1 aromatic rings. The van der Waals surface area contributed by atoms with Gasteiger partial charge in [-0.2, -0.15) is 0 Å². The maximum atomic E-state index is 5.85. The molecule has 1 fully saturated rings. The Bertz CT molecular complexity index is 448. The smallest absolute Gasteiger partial charge is 0.0360 e. The molecule has 0 radical (unpaired) electrons. The highest BCUT2D eigenvalue weighted by atomic mass is 32.2. The summed E-state index contributed by atoms with van der Waals surface area (Å²) in [5.41, 5.74) is 8.72. The first-order valence-corrected chi connectivity index (χ1v) is 9.18.